The van der Waals surface area contributed by atoms with Gasteiger partial charge in [-0.15, -0.1) is 12.4 Å². The Morgan fingerprint density at radius 3 is 2.58 bits per heavy atom. The van der Waals surface area contributed by atoms with Gasteiger partial charge in [-0.1, -0.05) is 35.9 Å². The number of morpholine rings is 1. The standard InChI is InChI=1S/C21H21ClF3NO4.ClH/c22-20-15(2-1-3-17(20)21(23,24)25)13-30-16-6-4-14(5-7-16)18-12-26(10-11-29-18)9-8-19(27)28;/h1-7,18H,8-13H2,(H,27,28);1H. The molecule has 0 aromatic heterocycles. The van der Waals surface area contributed by atoms with E-state index in [0.717, 1.165) is 11.6 Å². The fourth-order valence-electron chi connectivity index (χ4n) is 3.21. The molecule has 0 radical (unpaired) electrons. The Morgan fingerprint density at radius 2 is 1.94 bits per heavy atom. The van der Waals surface area contributed by atoms with Crippen LogP contribution in [0.2, 0.25) is 5.02 Å². The molecule has 1 N–H and O–H groups in total. The van der Waals surface area contributed by atoms with E-state index in [1.807, 2.05) is 17.0 Å². The molecule has 1 unspecified atom stereocenters. The van der Waals surface area contributed by atoms with E-state index in [-0.39, 0.29) is 42.1 Å². The molecule has 2 aromatic carbocycles. The molecule has 1 fully saturated rings. The molecule has 1 atom stereocenters. The van der Waals surface area contributed by atoms with Crippen molar-refractivity contribution in [2.75, 3.05) is 26.2 Å². The van der Waals surface area contributed by atoms with Crippen molar-refractivity contribution in [1.29, 1.82) is 0 Å². The van der Waals surface area contributed by atoms with E-state index in [9.17, 15) is 18.0 Å². The molecule has 3 rings (SSSR count). The number of halogens is 5. The number of alkyl halides is 3. The van der Waals surface area contributed by atoms with Crippen molar-refractivity contribution in [3.05, 3.63) is 64.2 Å². The Bertz CT molecular complexity index is 878. The first-order chi connectivity index (χ1) is 14.2. The summed E-state index contributed by atoms with van der Waals surface area (Å²) in [5, 5.41) is 8.46. The fourth-order valence-corrected chi connectivity index (χ4v) is 3.50. The molecule has 0 saturated carbocycles. The first-order valence-electron chi connectivity index (χ1n) is 9.37. The number of rotatable bonds is 7. The van der Waals surface area contributed by atoms with Crippen LogP contribution >= 0.6 is 24.0 Å². The van der Waals surface area contributed by atoms with Crippen LogP contribution in [0.25, 0.3) is 0 Å². The Morgan fingerprint density at radius 1 is 1.23 bits per heavy atom. The summed E-state index contributed by atoms with van der Waals surface area (Å²) >= 11 is 5.89. The number of benzene rings is 2. The average molecular weight is 480 g/mol. The minimum Gasteiger partial charge on any atom is -0.489 e. The van der Waals surface area contributed by atoms with Gasteiger partial charge in [0.2, 0.25) is 0 Å². The second kappa shape index (κ2) is 11.0. The van der Waals surface area contributed by atoms with E-state index in [1.165, 1.54) is 12.1 Å². The highest BCUT2D eigenvalue weighted by atomic mass is 35.5. The van der Waals surface area contributed by atoms with Gasteiger partial charge in [-0.2, -0.15) is 13.2 Å². The second-order valence-electron chi connectivity index (χ2n) is 6.94. The summed E-state index contributed by atoms with van der Waals surface area (Å²) in [6.07, 6.45) is -4.62. The minimum atomic E-state index is -4.52. The van der Waals surface area contributed by atoms with Crippen LogP contribution in [0.1, 0.15) is 29.2 Å². The third-order valence-electron chi connectivity index (χ3n) is 4.82. The third kappa shape index (κ3) is 7.00. The van der Waals surface area contributed by atoms with Crippen LogP contribution in [0.15, 0.2) is 42.5 Å². The first-order valence-corrected chi connectivity index (χ1v) is 9.75. The van der Waals surface area contributed by atoms with Gasteiger partial charge in [0.1, 0.15) is 12.4 Å². The van der Waals surface area contributed by atoms with Gasteiger partial charge in [0.05, 0.1) is 29.7 Å². The average Bonchev–Trinajstić information content (AvgIpc) is 2.71. The second-order valence-corrected chi connectivity index (χ2v) is 7.32. The molecule has 1 aliphatic heterocycles. The van der Waals surface area contributed by atoms with Gasteiger partial charge in [0.25, 0.3) is 0 Å². The largest absolute Gasteiger partial charge is 0.489 e. The molecule has 1 heterocycles. The topological polar surface area (TPSA) is 59.0 Å². The van der Waals surface area contributed by atoms with Crippen molar-refractivity contribution < 1.29 is 32.5 Å². The summed E-state index contributed by atoms with van der Waals surface area (Å²) in [6, 6.07) is 10.8. The number of carboxylic acids is 1. The molecule has 10 heteroatoms. The van der Waals surface area contributed by atoms with Gasteiger partial charge < -0.3 is 14.6 Å². The van der Waals surface area contributed by atoms with Crippen LogP contribution in [0.3, 0.4) is 0 Å². The molecule has 1 aliphatic rings. The van der Waals surface area contributed by atoms with Gasteiger partial charge in [-0.05, 0) is 23.8 Å². The van der Waals surface area contributed by atoms with Crippen LogP contribution in [0.5, 0.6) is 5.75 Å². The zero-order chi connectivity index (χ0) is 21.7. The Balaban J connectivity index is 0.00000341. The number of carbonyl (C=O) groups is 1. The Labute approximate surface area is 189 Å². The fraction of sp³-hybridized carbons (Fsp3) is 0.381. The number of hydrogen-bond acceptors (Lipinski definition) is 4. The van der Waals surface area contributed by atoms with E-state index in [1.54, 1.807) is 12.1 Å². The van der Waals surface area contributed by atoms with Gasteiger partial charge in [0, 0.05) is 25.2 Å². The van der Waals surface area contributed by atoms with Crippen LogP contribution in [-0.4, -0.2) is 42.2 Å². The Kier molecular flexibility index (Phi) is 9.00. The van der Waals surface area contributed by atoms with Gasteiger partial charge in [0.15, 0.2) is 0 Å². The molecular formula is C21H22Cl2F3NO4. The molecular weight excluding hydrogens is 458 g/mol. The molecule has 0 spiro atoms. The van der Waals surface area contributed by atoms with E-state index in [2.05, 4.69) is 0 Å². The summed E-state index contributed by atoms with van der Waals surface area (Å²) in [4.78, 5) is 12.8. The highest BCUT2D eigenvalue weighted by molar-refractivity contribution is 6.32. The predicted molar refractivity (Wildman–Crippen MR) is 112 cm³/mol. The molecule has 0 aliphatic carbocycles. The molecule has 2 aromatic rings. The lowest BCUT2D eigenvalue weighted by atomic mass is 10.1. The van der Waals surface area contributed by atoms with E-state index < -0.39 is 17.7 Å². The maximum atomic E-state index is 13.0. The lowest BCUT2D eigenvalue weighted by Crippen LogP contribution is -2.39. The van der Waals surface area contributed by atoms with Crippen LogP contribution in [0.4, 0.5) is 13.2 Å². The highest BCUT2D eigenvalue weighted by Crippen LogP contribution is 2.36. The maximum absolute atomic E-state index is 13.0. The molecule has 0 bridgehead atoms. The smallest absolute Gasteiger partial charge is 0.417 e. The van der Waals surface area contributed by atoms with Gasteiger partial charge in [-0.25, -0.2) is 0 Å². The first kappa shape index (κ1) is 25.3. The lowest BCUT2D eigenvalue weighted by Gasteiger charge is -2.32. The Hall–Kier alpha value is -2.00. The van der Waals surface area contributed by atoms with E-state index >= 15 is 0 Å². The summed E-state index contributed by atoms with van der Waals surface area (Å²) in [7, 11) is 0. The summed E-state index contributed by atoms with van der Waals surface area (Å²) < 4.78 is 50.3. The summed E-state index contributed by atoms with van der Waals surface area (Å²) in [5.74, 6) is -0.341. The zero-order valence-corrected chi connectivity index (χ0v) is 18.0. The highest BCUT2D eigenvalue weighted by Gasteiger charge is 2.33. The number of ether oxygens (including phenoxy) is 2. The van der Waals surface area contributed by atoms with Crippen molar-refractivity contribution in [2.24, 2.45) is 0 Å². The summed E-state index contributed by atoms with van der Waals surface area (Å²) in [6.45, 7) is 2.16. The molecule has 0 amide bonds. The quantitative estimate of drug-likeness (QED) is 0.590. The van der Waals surface area contributed by atoms with Gasteiger partial charge >= 0.3 is 12.1 Å². The van der Waals surface area contributed by atoms with Crippen molar-refractivity contribution in [3.8, 4) is 5.75 Å². The number of carboxylic acid groups (broad SMARTS) is 1. The van der Waals surface area contributed by atoms with Gasteiger partial charge in [-0.3, -0.25) is 9.69 Å². The zero-order valence-electron chi connectivity index (χ0n) is 16.4. The van der Waals surface area contributed by atoms with Crippen molar-refractivity contribution >= 4 is 30.0 Å². The minimum absolute atomic E-state index is 0. The van der Waals surface area contributed by atoms with E-state index in [0.29, 0.717) is 32.0 Å². The molecule has 31 heavy (non-hydrogen) atoms. The summed E-state index contributed by atoms with van der Waals surface area (Å²) in [5.41, 5.74) is 0.280. The monoisotopic (exact) mass is 479 g/mol. The van der Waals surface area contributed by atoms with Crippen molar-refractivity contribution in [2.45, 2.75) is 25.3 Å². The van der Waals surface area contributed by atoms with Crippen molar-refractivity contribution in [1.82, 2.24) is 4.90 Å². The SMILES string of the molecule is Cl.O=C(O)CCN1CCOC(c2ccc(OCc3cccc(C(F)(F)F)c3Cl)cc2)C1. The molecule has 1 saturated heterocycles. The third-order valence-corrected chi connectivity index (χ3v) is 5.27. The predicted octanol–water partition coefficient (Wildman–Crippen LogP) is 5.21. The normalized spacial score (nSPS) is 17.1. The molecule has 5 nitrogen and oxygen atoms in total. The number of nitrogens with zero attached hydrogens (tertiary/aromatic N) is 1. The van der Waals surface area contributed by atoms with Crippen molar-refractivity contribution in [3.63, 3.8) is 0 Å². The van der Waals surface area contributed by atoms with Crippen LogP contribution in [-0.2, 0) is 22.3 Å². The van der Waals surface area contributed by atoms with Crippen LogP contribution < -0.4 is 4.74 Å². The number of aliphatic carboxylic acids is 1. The lowest BCUT2D eigenvalue weighted by molar-refractivity contribution is -0.138. The van der Waals surface area contributed by atoms with Crippen LogP contribution in [0, 0.1) is 0 Å². The molecule has 170 valence electrons. The number of hydrogen-bond donors (Lipinski definition) is 1. The van der Waals surface area contributed by atoms with E-state index in [4.69, 9.17) is 26.2 Å². The maximum Gasteiger partial charge on any atom is 0.417 e.